The van der Waals surface area contributed by atoms with Gasteiger partial charge in [0, 0.05) is 22.7 Å². The van der Waals surface area contributed by atoms with Crippen LogP contribution in [-0.4, -0.2) is 29.1 Å². The first kappa shape index (κ1) is 22.6. The smallest absolute Gasteiger partial charge is 0.184 e. The van der Waals surface area contributed by atoms with E-state index < -0.39 is 0 Å². The molecule has 0 aliphatic rings. The normalized spacial score (nSPS) is 11.1. The van der Waals surface area contributed by atoms with Crippen molar-refractivity contribution in [1.29, 1.82) is 0 Å². The minimum Gasteiger partial charge on any atom is -0.494 e. The molecule has 3 aromatic rings. The summed E-state index contributed by atoms with van der Waals surface area (Å²) >= 11 is 4.78. The fraction of sp³-hybridized carbons (Fsp3) is 0.333. The molecular weight excluding hydrogens is 408 g/mol. The lowest BCUT2D eigenvalue weighted by Gasteiger charge is -2.10. The topological polar surface area (TPSA) is 73.8 Å². The van der Waals surface area contributed by atoms with Crippen LogP contribution in [0.5, 0.6) is 11.5 Å². The highest BCUT2D eigenvalue weighted by Gasteiger charge is 2.07. The van der Waals surface area contributed by atoms with E-state index in [0.29, 0.717) is 13.2 Å². The predicted octanol–water partition coefficient (Wildman–Crippen LogP) is 4.85. The summed E-state index contributed by atoms with van der Waals surface area (Å²) in [6.07, 6.45) is 8.59. The van der Waals surface area contributed by atoms with Crippen molar-refractivity contribution >= 4 is 34.4 Å². The molecule has 0 bridgehead atoms. The van der Waals surface area contributed by atoms with Gasteiger partial charge in [0.05, 0.1) is 19.4 Å². The van der Waals surface area contributed by atoms with E-state index in [-0.39, 0.29) is 5.11 Å². The fourth-order valence-electron chi connectivity index (χ4n) is 3.34. The Morgan fingerprint density at radius 2 is 1.74 bits per heavy atom. The summed E-state index contributed by atoms with van der Waals surface area (Å²) < 4.78 is 13.9. The summed E-state index contributed by atoms with van der Waals surface area (Å²) in [4.78, 5) is 0. The molecule has 0 fully saturated rings. The number of thiocarbonyl (C=S) groups is 1. The number of para-hydroxylation sites is 1. The summed E-state index contributed by atoms with van der Waals surface area (Å²) in [7, 11) is 0. The molecule has 0 saturated heterocycles. The van der Waals surface area contributed by atoms with Crippen molar-refractivity contribution in [2.45, 2.75) is 39.2 Å². The van der Waals surface area contributed by atoms with Gasteiger partial charge in [-0.15, -0.1) is 0 Å². The monoisotopic (exact) mass is 438 g/mol. The molecule has 6 nitrogen and oxygen atoms in total. The number of benzene rings is 2. The number of aromatic nitrogens is 1. The summed E-state index contributed by atoms with van der Waals surface area (Å²) in [6.45, 7) is 4.24. The van der Waals surface area contributed by atoms with Gasteiger partial charge in [-0.2, -0.15) is 5.10 Å². The van der Waals surface area contributed by atoms with Crippen molar-refractivity contribution in [3.05, 3.63) is 60.3 Å². The number of nitrogens with one attached hydrogen (secondary N) is 1. The van der Waals surface area contributed by atoms with Crippen molar-refractivity contribution in [1.82, 2.24) is 9.99 Å². The molecule has 1 aromatic heterocycles. The van der Waals surface area contributed by atoms with Gasteiger partial charge in [0.15, 0.2) is 5.11 Å². The molecule has 0 aliphatic heterocycles. The molecule has 0 unspecified atom stereocenters. The van der Waals surface area contributed by atoms with Crippen LogP contribution < -0.4 is 20.6 Å². The Hall–Kier alpha value is -3.06. The molecule has 2 aromatic carbocycles. The number of hydrogen-bond donors (Lipinski definition) is 2. The third kappa shape index (κ3) is 7.00. The SMILES string of the molecule is CCCCCCOc1ccc(OCCn2cc(/C=N\NC(N)=S)c3ccccc32)cc1. The minimum absolute atomic E-state index is 0.140. The van der Waals surface area contributed by atoms with Crippen molar-refractivity contribution in [2.24, 2.45) is 10.8 Å². The second-order valence-corrected chi connectivity index (χ2v) is 7.70. The van der Waals surface area contributed by atoms with Crippen LogP contribution in [-0.2, 0) is 6.54 Å². The number of fused-ring (bicyclic) bond motifs is 1. The third-order valence-electron chi connectivity index (χ3n) is 4.89. The number of ether oxygens (including phenoxy) is 2. The zero-order valence-electron chi connectivity index (χ0n) is 17.9. The van der Waals surface area contributed by atoms with Crippen LogP contribution in [0.25, 0.3) is 10.9 Å². The largest absolute Gasteiger partial charge is 0.494 e. The second kappa shape index (κ2) is 12.0. The van der Waals surface area contributed by atoms with E-state index in [2.05, 4.69) is 34.2 Å². The van der Waals surface area contributed by atoms with Crippen LogP contribution >= 0.6 is 12.2 Å². The number of hydrazone groups is 1. The van der Waals surface area contributed by atoms with Crippen LogP contribution in [0.1, 0.15) is 38.2 Å². The minimum atomic E-state index is 0.140. The van der Waals surface area contributed by atoms with Crippen LogP contribution in [0.2, 0.25) is 0 Å². The maximum atomic E-state index is 5.94. The Morgan fingerprint density at radius 1 is 1.03 bits per heavy atom. The predicted molar refractivity (Wildman–Crippen MR) is 131 cm³/mol. The molecular formula is C24H30N4O2S. The molecule has 1 heterocycles. The highest BCUT2D eigenvalue weighted by atomic mass is 32.1. The van der Waals surface area contributed by atoms with Gasteiger partial charge in [0.1, 0.15) is 18.1 Å². The second-order valence-electron chi connectivity index (χ2n) is 7.26. The van der Waals surface area contributed by atoms with E-state index in [9.17, 15) is 0 Å². The van der Waals surface area contributed by atoms with E-state index in [1.54, 1.807) is 6.21 Å². The Morgan fingerprint density at radius 3 is 2.45 bits per heavy atom. The number of unbranched alkanes of at least 4 members (excludes halogenated alkanes) is 3. The summed E-state index contributed by atoms with van der Waals surface area (Å²) in [5, 5.41) is 5.33. The lowest BCUT2D eigenvalue weighted by atomic mass is 10.2. The lowest BCUT2D eigenvalue weighted by Crippen LogP contribution is -2.23. The standard InChI is InChI=1S/C24H30N4O2S/c1-2-3-4-7-15-29-20-10-12-21(13-11-20)30-16-14-28-18-19(17-26-27-24(25)31)22-8-5-6-9-23(22)28/h5-6,8-13,17-18H,2-4,7,14-16H2,1H3,(H3,25,27,31)/b26-17-. The molecule has 0 aliphatic carbocycles. The van der Waals surface area contributed by atoms with E-state index >= 15 is 0 Å². The van der Waals surface area contributed by atoms with E-state index in [0.717, 1.165) is 41.0 Å². The molecule has 3 rings (SSSR count). The van der Waals surface area contributed by atoms with Crippen LogP contribution in [0.3, 0.4) is 0 Å². The summed E-state index contributed by atoms with van der Waals surface area (Å²) in [5.74, 6) is 1.71. The first-order valence-electron chi connectivity index (χ1n) is 10.7. The number of hydrogen-bond acceptors (Lipinski definition) is 4. The van der Waals surface area contributed by atoms with Crippen LogP contribution in [0, 0.1) is 0 Å². The maximum Gasteiger partial charge on any atom is 0.184 e. The molecule has 3 N–H and O–H groups in total. The Kier molecular flexibility index (Phi) is 8.72. The zero-order chi connectivity index (χ0) is 21.9. The van der Waals surface area contributed by atoms with Crippen LogP contribution in [0.15, 0.2) is 59.8 Å². The molecule has 7 heteroatoms. The summed E-state index contributed by atoms with van der Waals surface area (Å²) in [6, 6.07) is 16.0. The van der Waals surface area contributed by atoms with Crippen molar-refractivity contribution < 1.29 is 9.47 Å². The zero-order valence-corrected chi connectivity index (χ0v) is 18.7. The molecule has 31 heavy (non-hydrogen) atoms. The van der Waals surface area contributed by atoms with Crippen LogP contribution in [0.4, 0.5) is 0 Å². The van der Waals surface area contributed by atoms with Gasteiger partial charge in [-0.25, -0.2) is 0 Å². The van der Waals surface area contributed by atoms with Gasteiger partial charge < -0.3 is 19.8 Å². The number of nitrogens with zero attached hydrogens (tertiary/aromatic N) is 2. The Labute approximate surface area is 189 Å². The first-order valence-corrected chi connectivity index (χ1v) is 11.1. The van der Waals surface area contributed by atoms with E-state index in [1.165, 1.54) is 19.3 Å². The number of rotatable bonds is 12. The molecule has 0 radical (unpaired) electrons. The molecule has 0 amide bonds. The quantitative estimate of drug-likeness (QED) is 0.183. The van der Waals surface area contributed by atoms with Gasteiger partial charge in [-0.1, -0.05) is 44.4 Å². The fourth-order valence-corrected chi connectivity index (χ4v) is 3.39. The van der Waals surface area contributed by atoms with Crippen molar-refractivity contribution in [3.63, 3.8) is 0 Å². The van der Waals surface area contributed by atoms with Gasteiger partial charge in [0.25, 0.3) is 0 Å². The first-order chi connectivity index (χ1) is 15.2. The van der Waals surface area contributed by atoms with Gasteiger partial charge in [-0.05, 0) is 49.0 Å². The van der Waals surface area contributed by atoms with E-state index in [4.69, 9.17) is 27.4 Å². The maximum absolute atomic E-state index is 5.94. The average Bonchev–Trinajstić information content (AvgIpc) is 3.12. The highest BCUT2D eigenvalue weighted by molar-refractivity contribution is 7.80. The van der Waals surface area contributed by atoms with Gasteiger partial charge in [0.2, 0.25) is 0 Å². The van der Waals surface area contributed by atoms with Gasteiger partial charge >= 0.3 is 0 Å². The molecule has 164 valence electrons. The van der Waals surface area contributed by atoms with Gasteiger partial charge in [-0.3, -0.25) is 5.43 Å². The average molecular weight is 439 g/mol. The molecule has 0 spiro atoms. The van der Waals surface area contributed by atoms with Crippen molar-refractivity contribution in [2.75, 3.05) is 13.2 Å². The highest BCUT2D eigenvalue weighted by Crippen LogP contribution is 2.21. The summed E-state index contributed by atoms with van der Waals surface area (Å²) in [5.41, 5.74) is 10.1. The molecule has 0 saturated carbocycles. The van der Waals surface area contributed by atoms with Crippen molar-refractivity contribution in [3.8, 4) is 11.5 Å². The molecule has 0 atom stereocenters. The lowest BCUT2D eigenvalue weighted by molar-refractivity contribution is 0.294. The van der Waals surface area contributed by atoms with E-state index in [1.807, 2.05) is 42.6 Å². The number of nitrogens with two attached hydrogens (primary N) is 1. The Bertz CT molecular complexity index is 998. The Balaban J connectivity index is 1.53. The third-order valence-corrected chi connectivity index (χ3v) is 4.98.